The number of allylic oxidation sites excluding steroid dienone is 1. The molecule has 2 aliphatic carbocycles. The predicted octanol–water partition coefficient (Wildman–Crippen LogP) is 1.58. The number of aliphatic hydroxyl groups is 1. The van der Waals surface area contributed by atoms with Gasteiger partial charge in [-0.3, -0.25) is 0 Å². The maximum atomic E-state index is 8.50. The van der Waals surface area contributed by atoms with Crippen molar-refractivity contribution >= 4 is 0 Å². The third-order valence-corrected chi connectivity index (χ3v) is 2.61. The highest BCUT2D eigenvalue weighted by Crippen LogP contribution is 2.54. The summed E-state index contributed by atoms with van der Waals surface area (Å²) < 4.78 is 0. The van der Waals surface area contributed by atoms with Crippen LogP contribution in [0.4, 0.5) is 0 Å². The maximum Gasteiger partial charge on any atom is 0.0612 e. The summed E-state index contributed by atoms with van der Waals surface area (Å²) in [5.41, 5.74) is 0. The van der Waals surface area contributed by atoms with Crippen LogP contribution in [0.3, 0.4) is 0 Å². The van der Waals surface area contributed by atoms with Gasteiger partial charge in [0.2, 0.25) is 0 Å². The highest BCUT2D eigenvalue weighted by molar-refractivity contribution is 5.06. The van der Waals surface area contributed by atoms with Crippen molar-refractivity contribution in [3.05, 3.63) is 12.2 Å². The molecule has 0 radical (unpaired) electrons. The van der Waals surface area contributed by atoms with Crippen LogP contribution in [0.25, 0.3) is 0 Å². The highest BCUT2D eigenvalue weighted by Gasteiger charge is 2.45. The van der Waals surface area contributed by atoms with Crippen molar-refractivity contribution in [3.8, 4) is 0 Å². The average Bonchev–Trinajstić information content (AvgIpc) is 2.77. The Morgan fingerprint density at radius 1 is 1.40 bits per heavy atom. The first-order valence-electron chi connectivity index (χ1n) is 4.19. The molecular weight excluding hydrogens is 124 g/mol. The van der Waals surface area contributed by atoms with E-state index >= 15 is 0 Å². The first kappa shape index (κ1) is 6.41. The molecule has 1 nitrogen and oxygen atoms in total. The number of rotatable bonds is 3. The van der Waals surface area contributed by atoms with E-state index < -0.39 is 0 Å². The monoisotopic (exact) mass is 138 g/mol. The Morgan fingerprint density at radius 3 is 2.80 bits per heavy atom. The van der Waals surface area contributed by atoms with Crippen molar-refractivity contribution in [1.29, 1.82) is 0 Å². The highest BCUT2D eigenvalue weighted by atomic mass is 16.2. The second-order valence-electron chi connectivity index (χ2n) is 3.51. The van der Waals surface area contributed by atoms with Crippen molar-refractivity contribution in [2.75, 3.05) is 6.61 Å². The summed E-state index contributed by atoms with van der Waals surface area (Å²) in [6.07, 6.45) is 8.39. The minimum atomic E-state index is 0.216. The van der Waals surface area contributed by atoms with Crippen LogP contribution in [-0.2, 0) is 0 Å². The Kier molecular flexibility index (Phi) is 1.53. The summed E-state index contributed by atoms with van der Waals surface area (Å²) in [4.78, 5) is 0. The number of hydrogen-bond donors (Lipinski definition) is 1. The standard InChI is InChI=1S/C9H14O/c10-5-1-2-8-6-9(8)7-3-4-7/h1-2,7-10H,3-6H2/b2-1+/t8-,9+/m0/s1. The Hall–Kier alpha value is -0.300. The van der Waals surface area contributed by atoms with Crippen LogP contribution >= 0.6 is 0 Å². The summed E-state index contributed by atoms with van der Waals surface area (Å²) in [5.74, 6) is 2.90. The minimum Gasteiger partial charge on any atom is -0.392 e. The van der Waals surface area contributed by atoms with Crippen LogP contribution in [0.1, 0.15) is 19.3 Å². The Balaban J connectivity index is 1.73. The van der Waals surface area contributed by atoms with E-state index in [-0.39, 0.29) is 6.61 Å². The van der Waals surface area contributed by atoms with Crippen molar-refractivity contribution < 1.29 is 5.11 Å². The van der Waals surface area contributed by atoms with E-state index in [1.165, 1.54) is 19.3 Å². The molecule has 0 bridgehead atoms. The predicted molar refractivity (Wildman–Crippen MR) is 40.5 cm³/mol. The lowest BCUT2D eigenvalue weighted by atomic mass is 10.2. The van der Waals surface area contributed by atoms with Crippen molar-refractivity contribution in [1.82, 2.24) is 0 Å². The zero-order valence-corrected chi connectivity index (χ0v) is 6.16. The van der Waals surface area contributed by atoms with Gasteiger partial charge in [-0.2, -0.15) is 0 Å². The van der Waals surface area contributed by atoms with Crippen LogP contribution in [0.5, 0.6) is 0 Å². The van der Waals surface area contributed by atoms with E-state index in [0.29, 0.717) is 0 Å². The summed E-state index contributed by atoms with van der Waals surface area (Å²) in [7, 11) is 0. The van der Waals surface area contributed by atoms with Gasteiger partial charge in [0.1, 0.15) is 0 Å². The quantitative estimate of drug-likeness (QED) is 0.587. The molecule has 2 rings (SSSR count). The Labute approximate surface area is 61.8 Å². The molecule has 2 saturated carbocycles. The van der Waals surface area contributed by atoms with Gasteiger partial charge >= 0.3 is 0 Å². The zero-order valence-electron chi connectivity index (χ0n) is 6.16. The first-order chi connectivity index (χ1) is 4.92. The fourth-order valence-corrected chi connectivity index (χ4v) is 1.76. The van der Waals surface area contributed by atoms with Gasteiger partial charge in [0.15, 0.2) is 0 Å². The molecule has 0 aromatic heterocycles. The Bertz CT molecular complexity index is 147. The summed E-state index contributed by atoms with van der Waals surface area (Å²) in [5, 5.41) is 8.50. The minimum absolute atomic E-state index is 0.216. The van der Waals surface area contributed by atoms with E-state index in [2.05, 4.69) is 6.08 Å². The maximum absolute atomic E-state index is 8.50. The lowest BCUT2D eigenvalue weighted by Gasteiger charge is -1.87. The number of hydrogen-bond acceptors (Lipinski definition) is 1. The fraction of sp³-hybridized carbons (Fsp3) is 0.778. The second kappa shape index (κ2) is 2.39. The molecule has 1 N–H and O–H groups in total. The van der Waals surface area contributed by atoms with E-state index in [9.17, 15) is 0 Å². The molecule has 0 aromatic rings. The van der Waals surface area contributed by atoms with E-state index in [1.807, 2.05) is 6.08 Å². The molecule has 0 unspecified atom stereocenters. The third-order valence-electron chi connectivity index (χ3n) is 2.61. The van der Waals surface area contributed by atoms with Crippen molar-refractivity contribution in [3.63, 3.8) is 0 Å². The molecule has 0 heterocycles. The molecule has 56 valence electrons. The molecular formula is C9H14O. The fourth-order valence-electron chi connectivity index (χ4n) is 1.76. The van der Waals surface area contributed by atoms with Gasteiger partial charge < -0.3 is 5.11 Å². The van der Waals surface area contributed by atoms with Gasteiger partial charge in [0, 0.05) is 0 Å². The SMILES string of the molecule is OC/C=C/[C@H]1C[C@@H]1C1CC1. The first-order valence-corrected chi connectivity index (χ1v) is 4.19. The van der Waals surface area contributed by atoms with Crippen LogP contribution in [-0.4, -0.2) is 11.7 Å². The van der Waals surface area contributed by atoms with Gasteiger partial charge in [0.05, 0.1) is 6.61 Å². The molecule has 0 aliphatic heterocycles. The molecule has 1 heteroatoms. The molecule has 10 heavy (non-hydrogen) atoms. The number of aliphatic hydroxyl groups excluding tert-OH is 1. The van der Waals surface area contributed by atoms with Gasteiger partial charge in [0.25, 0.3) is 0 Å². The molecule has 0 saturated heterocycles. The van der Waals surface area contributed by atoms with Crippen LogP contribution in [0.2, 0.25) is 0 Å². The zero-order chi connectivity index (χ0) is 6.97. The van der Waals surface area contributed by atoms with E-state index in [1.54, 1.807) is 0 Å². The Morgan fingerprint density at radius 2 is 2.20 bits per heavy atom. The summed E-state index contributed by atoms with van der Waals surface area (Å²) >= 11 is 0. The van der Waals surface area contributed by atoms with Crippen LogP contribution in [0.15, 0.2) is 12.2 Å². The normalized spacial score (nSPS) is 38.9. The van der Waals surface area contributed by atoms with Crippen molar-refractivity contribution in [2.24, 2.45) is 17.8 Å². The lowest BCUT2D eigenvalue weighted by molar-refractivity contribution is 0.342. The molecule has 2 aliphatic rings. The lowest BCUT2D eigenvalue weighted by Crippen LogP contribution is -1.81. The summed E-state index contributed by atoms with van der Waals surface area (Å²) in [6.45, 7) is 0.216. The molecule has 0 spiro atoms. The van der Waals surface area contributed by atoms with Gasteiger partial charge in [-0.25, -0.2) is 0 Å². The van der Waals surface area contributed by atoms with Gasteiger partial charge in [-0.05, 0) is 37.0 Å². The van der Waals surface area contributed by atoms with Crippen molar-refractivity contribution in [2.45, 2.75) is 19.3 Å². The van der Waals surface area contributed by atoms with E-state index in [0.717, 1.165) is 17.8 Å². The topological polar surface area (TPSA) is 20.2 Å². The molecule has 2 atom stereocenters. The average molecular weight is 138 g/mol. The molecule has 0 aromatic carbocycles. The van der Waals surface area contributed by atoms with Gasteiger partial charge in [-0.1, -0.05) is 12.2 Å². The van der Waals surface area contributed by atoms with Gasteiger partial charge in [-0.15, -0.1) is 0 Å². The summed E-state index contributed by atoms with van der Waals surface area (Å²) in [6, 6.07) is 0. The largest absolute Gasteiger partial charge is 0.392 e. The smallest absolute Gasteiger partial charge is 0.0612 e. The van der Waals surface area contributed by atoms with Crippen LogP contribution < -0.4 is 0 Å². The molecule has 0 amide bonds. The van der Waals surface area contributed by atoms with Crippen LogP contribution in [0, 0.1) is 17.8 Å². The molecule has 2 fully saturated rings. The third kappa shape index (κ3) is 1.24. The van der Waals surface area contributed by atoms with E-state index in [4.69, 9.17) is 5.11 Å². The second-order valence-corrected chi connectivity index (χ2v) is 3.51.